The van der Waals surface area contributed by atoms with E-state index in [0.717, 1.165) is 6.07 Å². The number of halogens is 1. The van der Waals surface area contributed by atoms with Crippen LogP contribution in [-0.4, -0.2) is 36.9 Å². The van der Waals surface area contributed by atoms with Gasteiger partial charge in [0.2, 0.25) is 0 Å². The van der Waals surface area contributed by atoms with E-state index in [0.29, 0.717) is 0 Å². The number of benzene rings is 1. The van der Waals surface area contributed by atoms with E-state index in [1.165, 1.54) is 20.3 Å². The zero-order chi connectivity index (χ0) is 17.6. The molecule has 128 valence electrons. The van der Waals surface area contributed by atoms with Gasteiger partial charge in [0, 0.05) is 24.1 Å². The SMILES string of the molecule is COc1cc(OC)c(NC(=O)NC(C)(C)CCC(=O)O)cc1F. The van der Waals surface area contributed by atoms with Gasteiger partial charge in [-0.25, -0.2) is 9.18 Å². The van der Waals surface area contributed by atoms with Crippen LogP contribution in [0, 0.1) is 5.82 Å². The Balaban J connectivity index is 2.81. The molecule has 1 rings (SSSR count). The molecular weight excluding hydrogens is 307 g/mol. The summed E-state index contributed by atoms with van der Waals surface area (Å²) >= 11 is 0. The third kappa shape index (κ3) is 5.65. The van der Waals surface area contributed by atoms with Crippen molar-refractivity contribution in [3.63, 3.8) is 0 Å². The van der Waals surface area contributed by atoms with Gasteiger partial charge in [0.1, 0.15) is 5.75 Å². The highest BCUT2D eigenvalue weighted by molar-refractivity contribution is 5.91. The quantitative estimate of drug-likeness (QED) is 0.715. The first-order valence-electron chi connectivity index (χ1n) is 6.91. The van der Waals surface area contributed by atoms with Crippen molar-refractivity contribution in [2.24, 2.45) is 0 Å². The summed E-state index contributed by atoms with van der Waals surface area (Å²) in [6, 6.07) is 1.81. The van der Waals surface area contributed by atoms with Crippen LogP contribution in [0.1, 0.15) is 26.7 Å². The van der Waals surface area contributed by atoms with E-state index in [-0.39, 0.29) is 30.0 Å². The minimum absolute atomic E-state index is 0.00500. The predicted molar refractivity (Wildman–Crippen MR) is 82.6 cm³/mol. The van der Waals surface area contributed by atoms with Crippen LogP contribution in [0.3, 0.4) is 0 Å². The Kier molecular flexibility index (Phi) is 6.18. The molecule has 0 unspecified atom stereocenters. The fraction of sp³-hybridized carbons (Fsp3) is 0.467. The minimum atomic E-state index is -0.945. The number of amides is 2. The Morgan fingerprint density at radius 3 is 2.35 bits per heavy atom. The van der Waals surface area contributed by atoms with Crippen molar-refractivity contribution in [1.29, 1.82) is 0 Å². The zero-order valence-electron chi connectivity index (χ0n) is 13.5. The lowest BCUT2D eigenvalue weighted by Gasteiger charge is -2.26. The topological polar surface area (TPSA) is 96.9 Å². The Bertz CT molecular complexity index is 589. The number of urea groups is 1. The standard InChI is InChI=1S/C15H21FN2O5/c1-15(2,6-5-13(19)20)18-14(21)17-10-7-9(16)11(22-3)8-12(10)23-4/h7-8H,5-6H2,1-4H3,(H,19,20)(H2,17,18,21). The molecule has 0 saturated carbocycles. The number of ether oxygens (including phenoxy) is 2. The van der Waals surface area contributed by atoms with Crippen molar-refractivity contribution in [1.82, 2.24) is 5.32 Å². The van der Waals surface area contributed by atoms with Crippen molar-refractivity contribution < 1.29 is 28.6 Å². The van der Waals surface area contributed by atoms with Crippen LogP contribution in [0.25, 0.3) is 0 Å². The van der Waals surface area contributed by atoms with E-state index < -0.39 is 23.4 Å². The average Bonchev–Trinajstić information content (AvgIpc) is 2.45. The first kappa shape index (κ1) is 18.5. The molecule has 0 spiro atoms. The van der Waals surface area contributed by atoms with Crippen LogP contribution in [0.2, 0.25) is 0 Å². The number of anilines is 1. The highest BCUT2D eigenvalue weighted by Crippen LogP contribution is 2.31. The summed E-state index contributed by atoms with van der Waals surface area (Å²) < 4.78 is 23.7. The molecule has 8 heteroatoms. The molecule has 0 atom stereocenters. The van der Waals surface area contributed by atoms with Gasteiger partial charge in [0.15, 0.2) is 11.6 Å². The summed E-state index contributed by atoms with van der Waals surface area (Å²) in [6.45, 7) is 3.39. The van der Waals surface area contributed by atoms with Crippen LogP contribution < -0.4 is 20.1 Å². The highest BCUT2D eigenvalue weighted by Gasteiger charge is 2.22. The molecule has 0 fully saturated rings. The molecule has 23 heavy (non-hydrogen) atoms. The summed E-state index contributed by atoms with van der Waals surface area (Å²) in [5, 5.41) is 13.8. The summed E-state index contributed by atoms with van der Waals surface area (Å²) in [4.78, 5) is 22.6. The Labute approximate surface area is 133 Å². The zero-order valence-corrected chi connectivity index (χ0v) is 13.5. The van der Waals surface area contributed by atoms with Gasteiger partial charge >= 0.3 is 12.0 Å². The maximum Gasteiger partial charge on any atom is 0.319 e. The summed E-state index contributed by atoms with van der Waals surface area (Å²) in [5.74, 6) is -1.36. The van der Waals surface area contributed by atoms with Crippen molar-refractivity contribution in [2.75, 3.05) is 19.5 Å². The normalized spacial score (nSPS) is 10.8. The van der Waals surface area contributed by atoms with Crippen molar-refractivity contribution in [3.8, 4) is 11.5 Å². The van der Waals surface area contributed by atoms with Gasteiger partial charge in [-0.15, -0.1) is 0 Å². The van der Waals surface area contributed by atoms with Crippen molar-refractivity contribution in [3.05, 3.63) is 17.9 Å². The second-order valence-electron chi connectivity index (χ2n) is 5.54. The van der Waals surface area contributed by atoms with Crippen molar-refractivity contribution in [2.45, 2.75) is 32.2 Å². The number of carbonyl (C=O) groups is 2. The van der Waals surface area contributed by atoms with Gasteiger partial charge in [-0.3, -0.25) is 4.79 Å². The number of hydrogen-bond donors (Lipinski definition) is 3. The summed E-state index contributed by atoms with van der Waals surface area (Å²) in [5.41, 5.74) is -0.599. The Morgan fingerprint density at radius 1 is 1.22 bits per heavy atom. The molecule has 1 aromatic carbocycles. The molecule has 0 aliphatic heterocycles. The van der Waals surface area contributed by atoms with Gasteiger partial charge in [-0.05, 0) is 20.3 Å². The van der Waals surface area contributed by atoms with Gasteiger partial charge in [-0.2, -0.15) is 0 Å². The van der Waals surface area contributed by atoms with E-state index in [4.69, 9.17) is 14.6 Å². The lowest BCUT2D eigenvalue weighted by molar-refractivity contribution is -0.137. The first-order valence-corrected chi connectivity index (χ1v) is 6.91. The number of aliphatic carboxylic acids is 1. The molecule has 1 aromatic rings. The lowest BCUT2D eigenvalue weighted by Crippen LogP contribution is -2.45. The van der Waals surface area contributed by atoms with Gasteiger partial charge in [0.25, 0.3) is 0 Å². The molecule has 0 aliphatic rings. The van der Waals surface area contributed by atoms with Crippen LogP contribution in [0.15, 0.2) is 12.1 Å². The molecule has 0 aliphatic carbocycles. The fourth-order valence-corrected chi connectivity index (χ4v) is 1.90. The van der Waals surface area contributed by atoms with Crippen molar-refractivity contribution >= 4 is 17.7 Å². The summed E-state index contributed by atoms with van der Waals surface area (Å²) in [7, 11) is 2.70. The number of hydrogen-bond acceptors (Lipinski definition) is 4. The largest absolute Gasteiger partial charge is 0.494 e. The lowest BCUT2D eigenvalue weighted by atomic mass is 9.99. The van der Waals surface area contributed by atoms with Gasteiger partial charge < -0.3 is 25.2 Å². The van der Waals surface area contributed by atoms with Gasteiger partial charge in [0.05, 0.1) is 19.9 Å². The van der Waals surface area contributed by atoms with E-state index >= 15 is 0 Å². The van der Waals surface area contributed by atoms with Crippen LogP contribution in [-0.2, 0) is 4.79 Å². The first-order chi connectivity index (χ1) is 10.7. The molecule has 2 amide bonds. The fourth-order valence-electron chi connectivity index (χ4n) is 1.90. The molecule has 0 radical (unpaired) electrons. The molecule has 0 saturated heterocycles. The van der Waals surface area contributed by atoms with E-state index in [2.05, 4.69) is 10.6 Å². The number of carbonyl (C=O) groups excluding carboxylic acids is 1. The van der Waals surface area contributed by atoms with Crippen LogP contribution >= 0.6 is 0 Å². The Hall–Kier alpha value is -2.51. The smallest absolute Gasteiger partial charge is 0.319 e. The Morgan fingerprint density at radius 2 is 1.83 bits per heavy atom. The second kappa shape index (κ2) is 7.66. The van der Waals surface area contributed by atoms with Crippen LogP contribution in [0.4, 0.5) is 14.9 Å². The molecule has 7 nitrogen and oxygen atoms in total. The number of nitrogens with one attached hydrogen (secondary N) is 2. The highest BCUT2D eigenvalue weighted by atomic mass is 19.1. The molecule has 3 N–H and O–H groups in total. The summed E-state index contributed by atoms with van der Waals surface area (Å²) in [6.07, 6.45) is 0.178. The molecular formula is C15H21FN2O5. The number of carboxylic acids is 1. The van der Waals surface area contributed by atoms with E-state index in [9.17, 15) is 14.0 Å². The van der Waals surface area contributed by atoms with E-state index in [1.807, 2.05) is 0 Å². The number of carboxylic acid groups (broad SMARTS) is 1. The average molecular weight is 328 g/mol. The number of rotatable bonds is 7. The molecule has 0 bridgehead atoms. The third-order valence-corrected chi connectivity index (χ3v) is 3.14. The third-order valence-electron chi connectivity index (χ3n) is 3.14. The van der Waals surface area contributed by atoms with Gasteiger partial charge in [-0.1, -0.05) is 0 Å². The monoisotopic (exact) mass is 328 g/mol. The van der Waals surface area contributed by atoms with Crippen LogP contribution in [0.5, 0.6) is 11.5 Å². The number of methoxy groups -OCH3 is 2. The maximum atomic E-state index is 13.7. The predicted octanol–water partition coefficient (Wildman–Crippen LogP) is 2.61. The molecule has 0 aromatic heterocycles. The minimum Gasteiger partial charge on any atom is -0.494 e. The maximum absolute atomic E-state index is 13.7. The second-order valence-corrected chi connectivity index (χ2v) is 5.54. The van der Waals surface area contributed by atoms with E-state index in [1.54, 1.807) is 13.8 Å². The molecule has 0 heterocycles.